The van der Waals surface area contributed by atoms with E-state index in [1.165, 1.54) is 0 Å². The predicted octanol–water partition coefficient (Wildman–Crippen LogP) is 2.34. The Labute approximate surface area is 162 Å². The Morgan fingerprint density at radius 3 is 2.74 bits per heavy atom. The Morgan fingerprint density at radius 2 is 2.07 bits per heavy atom. The number of amides is 1. The number of carbonyl (C=O) groups is 1. The number of hydrogen-bond donors (Lipinski definition) is 2. The van der Waals surface area contributed by atoms with Crippen molar-refractivity contribution in [1.82, 2.24) is 15.5 Å². The summed E-state index contributed by atoms with van der Waals surface area (Å²) < 4.78 is 11.5. The zero-order chi connectivity index (χ0) is 19.2. The highest BCUT2D eigenvalue weighted by Crippen LogP contribution is 2.34. The molecule has 2 heterocycles. The highest BCUT2D eigenvalue weighted by Gasteiger charge is 2.25. The minimum absolute atomic E-state index is 0.0462. The molecule has 1 fully saturated rings. The molecule has 2 unspecified atom stereocenters. The molecule has 1 saturated heterocycles. The third-order valence-corrected chi connectivity index (χ3v) is 5.42. The van der Waals surface area contributed by atoms with Gasteiger partial charge in [-0.3, -0.25) is 9.69 Å². The number of hydrogen-bond acceptors (Lipinski definition) is 5. The maximum absolute atomic E-state index is 12.8. The third-order valence-electron chi connectivity index (χ3n) is 5.42. The molecule has 27 heavy (non-hydrogen) atoms. The van der Waals surface area contributed by atoms with E-state index in [2.05, 4.69) is 36.3 Å². The largest absolute Gasteiger partial charge is 0.490 e. The fourth-order valence-electron chi connectivity index (χ4n) is 3.86. The van der Waals surface area contributed by atoms with E-state index < -0.39 is 0 Å². The molecule has 0 aliphatic carbocycles. The summed E-state index contributed by atoms with van der Waals surface area (Å²) >= 11 is 0. The van der Waals surface area contributed by atoms with Crippen molar-refractivity contribution >= 4 is 5.91 Å². The van der Waals surface area contributed by atoms with Gasteiger partial charge in [-0.15, -0.1) is 0 Å². The average Bonchev–Trinajstić information content (AvgIpc) is 3.09. The van der Waals surface area contributed by atoms with Gasteiger partial charge in [0.1, 0.15) is 0 Å². The number of carbonyl (C=O) groups excluding carboxylic acids is 1. The molecule has 2 aliphatic heterocycles. The van der Waals surface area contributed by atoms with Crippen LogP contribution < -0.4 is 20.1 Å². The highest BCUT2D eigenvalue weighted by atomic mass is 16.5. The van der Waals surface area contributed by atoms with Crippen LogP contribution in [0, 0.1) is 5.92 Å². The molecule has 1 aromatic carbocycles. The first-order valence-electron chi connectivity index (χ1n) is 10.2. The summed E-state index contributed by atoms with van der Waals surface area (Å²) in [5.74, 6) is 1.92. The van der Waals surface area contributed by atoms with Crippen LogP contribution in [0.3, 0.4) is 0 Å². The minimum atomic E-state index is -0.0462. The molecule has 3 rings (SSSR count). The Bertz CT molecular complexity index is 629. The van der Waals surface area contributed by atoms with E-state index in [1.807, 2.05) is 18.2 Å². The Kier molecular flexibility index (Phi) is 6.96. The minimum Gasteiger partial charge on any atom is -0.490 e. The van der Waals surface area contributed by atoms with Crippen LogP contribution in [0.25, 0.3) is 0 Å². The van der Waals surface area contributed by atoms with Crippen LogP contribution in [0.15, 0.2) is 18.2 Å². The normalized spacial score (nSPS) is 20.6. The van der Waals surface area contributed by atoms with Crippen LogP contribution in [0.1, 0.15) is 45.2 Å². The first-order chi connectivity index (χ1) is 13.1. The van der Waals surface area contributed by atoms with Gasteiger partial charge in [0, 0.05) is 19.0 Å². The molecule has 150 valence electrons. The summed E-state index contributed by atoms with van der Waals surface area (Å²) in [6.45, 7) is 11.1. The summed E-state index contributed by atoms with van der Waals surface area (Å²) in [7, 11) is 0. The molecule has 2 aliphatic rings. The van der Waals surface area contributed by atoms with Gasteiger partial charge in [0.2, 0.25) is 5.91 Å². The lowest BCUT2D eigenvalue weighted by molar-refractivity contribution is -0.123. The van der Waals surface area contributed by atoms with Crippen LogP contribution in [-0.2, 0) is 4.79 Å². The Morgan fingerprint density at radius 1 is 1.30 bits per heavy atom. The van der Waals surface area contributed by atoms with Gasteiger partial charge < -0.3 is 20.1 Å². The van der Waals surface area contributed by atoms with Gasteiger partial charge in [-0.25, -0.2) is 0 Å². The number of fused-ring (bicyclic) bond motifs is 1. The molecule has 1 amide bonds. The standard InChI is InChI=1S/C21H33N3O3/c1-4-24(17-8-9-22-13-17)14-20(25)23-21(15(2)3)16-6-7-18-19(12-16)27-11-5-10-26-18/h6-7,12,15,17,21-22H,4-5,8-11,13-14H2,1-3H3,(H,23,25). The monoisotopic (exact) mass is 375 g/mol. The van der Waals surface area contributed by atoms with Crippen molar-refractivity contribution in [2.45, 2.75) is 45.7 Å². The van der Waals surface area contributed by atoms with Crippen molar-refractivity contribution in [3.63, 3.8) is 0 Å². The fourth-order valence-corrected chi connectivity index (χ4v) is 3.86. The lowest BCUT2D eigenvalue weighted by Gasteiger charge is -2.29. The van der Waals surface area contributed by atoms with Gasteiger partial charge in [0.05, 0.1) is 25.8 Å². The lowest BCUT2D eigenvalue weighted by Crippen LogP contribution is -2.45. The van der Waals surface area contributed by atoms with E-state index in [1.54, 1.807) is 0 Å². The number of benzene rings is 1. The van der Waals surface area contributed by atoms with Gasteiger partial charge in [-0.1, -0.05) is 26.8 Å². The smallest absolute Gasteiger partial charge is 0.234 e. The van der Waals surface area contributed by atoms with E-state index in [0.29, 0.717) is 25.8 Å². The summed E-state index contributed by atoms with van der Waals surface area (Å²) in [5, 5.41) is 6.63. The van der Waals surface area contributed by atoms with Crippen molar-refractivity contribution in [1.29, 1.82) is 0 Å². The SMILES string of the molecule is CCN(CC(=O)NC(c1ccc2c(c1)OCCCO2)C(C)C)C1CCNC1. The molecular formula is C21H33N3O3. The maximum atomic E-state index is 12.8. The van der Waals surface area contributed by atoms with E-state index in [9.17, 15) is 4.79 Å². The zero-order valence-corrected chi connectivity index (χ0v) is 16.8. The molecule has 2 atom stereocenters. The van der Waals surface area contributed by atoms with E-state index in [0.717, 1.165) is 49.5 Å². The topological polar surface area (TPSA) is 62.8 Å². The number of nitrogens with zero attached hydrogens (tertiary/aromatic N) is 1. The van der Waals surface area contributed by atoms with Crippen molar-refractivity contribution in [3.8, 4) is 11.5 Å². The molecule has 6 heteroatoms. The molecule has 1 aromatic rings. The van der Waals surface area contributed by atoms with Crippen molar-refractivity contribution in [2.24, 2.45) is 5.92 Å². The van der Waals surface area contributed by atoms with Gasteiger partial charge in [0.15, 0.2) is 11.5 Å². The van der Waals surface area contributed by atoms with E-state index in [-0.39, 0.29) is 17.9 Å². The van der Waals surface area contributed by atoms with Gasteiger partial charge in [0.25, 0.3) is 0 Å². The van der Waals surface area contributed by atoms with Crippen LogP contribution in [0.5, 0.6) is 11.5 Å². The second kappa shape index (κ2) is 9.42. The number of ether oxygens (including phenoxy) is 2. The van der Waals surface area contributed by atoms with Crippen molar-refractivity contribution in [3.05, 3.63) is 23.8 Å². The second-order valence-electron chi connectivity index (χ2n) is 7.76. The Hall–Kier alpha value is -1.79. The summed E-state index contributed by atoms with van der Waals surface area (Å²) in [6, 6.07) is 6.42. The molecule has 0 spiro atoms. The quantitative estimate of drug-likeness (QED) is 0.766. The molecule has 0 aromatic heterocycles. The zero-order valence-electron chi connectivity index (χ0n) is 16.8. The highest BCUT2D eigenvalue weighted by molar-refractivity contribution is 5.78. The van der Waals surface area contributed by atoms with Crippen molar-refractivity contribution in [2.75, 3.05) is 39.4 Å². The van der Waals surface area contributed by atoms with Gasteiger partial charge in [-0.05, 0) is 43.1 Å². The van der Waals surface area contributed by atoms with E-state index >= 15 is 0 Å². The number of nitrogens with one attached hydrogen (secondary N) is 2. The first kappa shape index (κ1) is 20.0. The van der Waals surface area contributed by atoms with Gasteiger partial charge in [-0.2, -0.15) is 0 Å². The molecule has 2 N–H and O–H groups in total. The van der Waals surface area contributed by atoms with Crippen LogP contribution >= 0.6 is 0 Å². The maximum Gasteiger partial charge on any atom is 0.234 e. The van der Waals surface area contributed by atoms with E-state index in [4.69, 9.17) is 9.47 Å². The molecule has 0 bridgehead atoms. The molecular weight excluding hydrogens is 342 g/mol. The third kappa shape index (κ3) is 5.14. The molecule has 0 radical (unpaired) electrons. The second-order valence-corrected chi connectivity index (χ2v) is 7.76. The van der Waals surface area contributed by atoms with Crippen LogP contribution in [0.4, 0.5) is 0 Å². The molecule has 6 nitrogen and oxygen atoms in total. The predicted molar refractivity (Wildman–Crippen MR) is 106 cm³/mol. The first-order valence-corrected chi connectivity index (χ1v) is 10.2. The number of likely N-dealkylation sites (N-methyl/N-ethyl adjacent to an activating group) is 1. The summed E-state index contributed by atoms with van der Waals surface area (Å²) in [4.78, 5) is 15.0. The average molecular weight is 376 g/mol. The van der Waals surface area contributed by atoms with Gasteiger partial charge >= 0.3 is 0 Å². The fraction of sp³-hybridized carbons (Fsp3) is 0.667. The Balaban J connectivity index is 1.68. The van der Waals surface area contributed by atoms with Crippen LogP contribution in [0.2, 0.25) is 0 Å². The van der Waals surface area contributed by atoms with Crippen molar-refractivity contribution < 1.29 is 14.3 Å². The molecule has 0 saturated carbocycles. The lowest BCUT2D eigenvalue weighted by atomic mass is 9.95. The number of rotatable bonds is 7. The summed E-state index contributed by atoms with van der Waals surface area (Å²) in [5.41, 5.74) is 1.06. The summed E-state index contributed by atoms with van der Waals surface area (Å²) in [6.07, 6.45) is 1.99. The van der Waals surface area contributed by atoms with Crippen LogP contribution in [-0.4, -0.2) is 56.2 Å².